The van der Waals surface area contributed by atoms with Gasteiger partial charge in [0.05, 0.1) is 6.54 Å². The van der Waals surface area contributed by atoms with Crippen LogP contribution in [-0.2, 0) is 13.1 Å². The third kappa shape index (κ3) is 2.97. The Morgan fingerprint density at radius 2 is 2.17 bits per heavy atom. The molecule has 0 fully saturated rings. The lowest BCUT2D eigenvalue weighted by molar-refractivity contribution is 0.522. The summed E-state index contributed by atoms with van der Waals surface area (Å²) in [5.41, 5.74) is 1.25. The number of hydrogen-bond acceptors (Lipinski definition) is 3. The molecule has 18 heavy (non-hydrogen) atoms. The lowest BCUT2D eigenvalue weighted by atomic mass is 10.1. The number of nitrogens with zero attached hydrogens (tertiary/aromatic N) is 3. The second kappa shape index (κ2) is 6.11. The molecule has 0 saturated carbocycles. The summed E-state index contributed by atoms with van der Waals surface area (Å²) in [6.07, 6.45) is 1.60. The molecular formula is C13H17BrN4. The zero-order valence-corrected chi connectivity index (χ0v) is 12.2. The molecule has 0 radical (unpaired) electrons. The van der Waals surface area contributed by atoms with Crippen LogP contribution >= 0.6 is 15.9 Å². The summed E-state index contributed by atoms with van der Waals surface area (Å²) in [5, 5.41) is 7.62. The molecule has 0 aliphatic carbocycles. The average Bonchev–Trinajstić information content (AvgIpc) is 2.84. The van der Waals surface area contributed by atoms with Crippen molar-refractivity contribution >= 4 is 15.9 Å². The van der Waals surface area contributed by atoms with Gasteiger partial charge in [0.25, 0.3) is 0 Å². The van der Waals surface area contributed by atoms with Gasteiger partial charge in [0, 0.05) is 17.1 Å². The van der Waals surface area contributed by atoms with Gasteiger partial charge in [0.1, 0.15) is 12.2 Å². The van der Waals surface area contributed by atoms with E-state index in [4.69, 9.17) is 0 Å². The van der Waals surface area contributed by atoms with E-state index >= 15 is 0 Å². The van der Waals surface area contributed by atoms with Crippen LogP contribution in [0.2, 0.25) is 0 Å². The molecule has 0 unspecified atom stereocenters. The standard InChI is InChI=1S/C13H17BrN4/c1-3-18-13(16-9-17-18)8-15-10(2)11-6-4-5-7-12(11)14/h4-7,9-10,15H,3,8H2,1-2H3/t10-/m0/s1. The Bertz CT molecular complexity index is 509. The maximum Gasteiger partial charge on any atom is 0.140 e. The van der Waals surface area contributed by atoms with Crippen molar-refractivity contribution in [3.8, 4) is 0 Å². The highest BCUT2D eigenvalue weighted by molar-refractivity contribution is 9.10. The molecule has 96 valence electrons. The van der Waals surface area contributed by atoms with E-state index in [1.165, 1.54) is 5.56 Å². The first-order valence-electron chi connectivity index (χ1n) is 6.07. The molecule has 0 aliphatic heterocycles. The Labute approximate surface area is 116 Å². The van der Waals surface area contributed by atoms with Gasteiger partial charge in [-0.25, -0.2) is 9.67 Å². The van der Waals surface area contributed by atoms with Crippen LogP contribution in [0, 0.1) is 0 Å². The first kappa shape index (κ1) is 13.2. The fourth-order valence-electron chi connectivity index (χ4n) is 1.87. The van der Waals surface area contributed by atoms with Crippen LogP contribution in [0.4, 0.5) is 0 Å². The van der Waals surface area contributed by atoms with E-state index in [-0.39, 0.29) is 6.04 Å². The minimum atomic E-state index is 0.266. The predicted molar refractivity (Wildman–Crippen MR) is 75.1 cm³/mol. The summed E-state index contributed by atoms with van der Waals surface area (Å²) in [4.78, 5) is 4.25. The monoisotopic (exact) mass is 308 g/mol. The topological polar surface area (TPSA) is 42.7 Å². The SMILES string of the molecule is CCn1ncnc1CN[C@@H](C)c1ccccc1Br. The van der Waals surface area contributed by atoms with Crippen molar-refractivity contribution in [3.63, 3.8) is 0 Å². The number of aryl methyl sites for hydroxylation is 1. The number of halogens is 1. The van der Waals surface area contributed by atoms with Gasteiger partial charge in [-0.05, 0) is 25.5 Å². The smallest absolute Gasteiger partial charge is 0.140 e. The Morgan fingerprint density at radius 3 is 2.89 bits per heavy atom. The van der Waals surface area contributed by atoms with Gasteiger partial charge in [-0.1, -0.05) is 34.1 Å². The van der Waals surface area contributed by atoms with Crippen molar-refractivity contribution in [2.75, 3.05) is 0 Å². The van der Waals surface area contributed by atoms with E-state index in [9.17, 15) is 0 Å². The van der Waals surface area contributed by atoms with Crippen molar-refractivity contribution in [1.29, 1.82) is 0 Å². The largest absolute Gasteiger partial charge is 0.303 e. The van der Waals surface area contributed by atoms with Gasteiger partial charge in [0.2, 0.25) is 0 Å². The summed E-state index contributed by atoms with van der Waals surface area (Å²) < 4.78 is 3.03. The number of aromatic nitrogens is 3. The molecule has 0 spiro atoms. The fourth-order valence-corrected chi connectivity index (χ4v) is 2.50. The molecule has 5 heteroatoms. The van der Waals surface area contributed by atoms with E-state index in [1.54, 1.807) is 6.33 Å². The minimum absolute atomic E-state index is 0.266. The van der Waals surface area contributed by atoms with Crippen LogP contribution in [0.1, 0.15) is 31.3 Å². The summed E-state index contributed by atoms with van der Waals surface area (Å²) >= 11 is 3.57. The third-order valence-electron chi connectivity index (χ3n) is 2.93. The van der Waals surface area contributed by atoms with Crippen LogP contribution in [0.5, 0.6) is 0 Å². The van der Waals surface area contributed by atoms with Crippen molar-refractivity contribution in [1.82, 2.24) is 20.1 Å². The highest BCUT2D eigenvalue weighted by Gasteiger charge is 2.09. The van der Waals surface area contributed by atoms with E-state index in [0.717, 1.165) is 23.4 Å². The van der Waals surface area contributed by atoms with Gasteiger partial charge in [-0.15, -0.1) is 0 Å². The molecule has 0 saturated heterocycles. The maximum absolute atomic E-state index is 4.25. The van der Waals surface area contributed by atoms with Crippen molar-refractivity contribution < 1.29 is 0 Å². The second-order valence-corrected chi connectivity index (χ2v) is 4.97. The summed E-state index contributed by atoms with van der Waals surface area (Å²) in [5.74, 6) is 0.969. The molecular weight excluding hydrogens is 292 g/mol. The average molecular weight is 309 g/mol. The van der Waals surface area contributed by atoms with Gasteiger partial charge < -0.3 is 5.32 Å². The van der Waals surface area contributed by atoms with E-state index in [0.29, 0.717) is 0 Å². The van der Waals surface area contributed by atoms with Crippen LogP contribution < -0.4 is 5.32 Å². The van der Waals surface area contributed by atoms with E-state index in [2.05, 4.69) is 57.3 Å². The van der Waals surface area contributed by atoms with Crippen LogP contribution in [0.15, 0.2) is 35.1 Å². The van der Waals surface area contributed by atoms with E-state index in [1.807, 2.05) is 16.8 Å². The Balaban J connectivity index is 2.01. The number of hydrogen-bond donors (Lipinski definition) is 1. The zero-order valence-electron chi connectivity index (χ0n) is 10.6. The highest BCUT2D eigenvalue weighted by atomic mass is 79.9. The molecule has 4 nitrogen and oxygen atoms in total. The Morgan fingerprint density at radius 1 is 1.39 bits per heavy atom. The van der Waals surface area contributed by atoms with Gasteiger partial charge >= 0.3 is 0 Å². The zero-order chi connectivity index (χ0) is 13.0. The molecule has 0 aliphatic rings. The number of benzene rings is 1. The third-order valence-corrected chi connectivity index (χ3v) is 3.66. The van der Waals surface area contributed by atoms with Crippen molar-refractivity contribution in [2.45, 2.75) is 33.0 Å². The first-order chi connectivity index (χ1) is 8.72. The molecule has 0 bridgehead atoms. The quantitative estimate of drug-likeness (QED) is 0.923. The highest BCUT2D eigenvalue weighted by Crippen LogP contribution is 2.22. The second-order valence-electron chi connectivity index (χ2n) is 4.12. The summed E-state index contributed by atoms with van der Waals surface area (Å²) in [6.45, 7) is 5.78. The Kier molecular flexibility index (Phi) is 4.49. The fraction of sp³-hybridized carbons (Fsp3) is 0.385. The number of nitrogens with one attached hydrogen (secondary N) is 1. The Hall–Kier alpha value is -1.20. The maximum atomic E-state index is 4.25. The van der Waals surface area contributed by atoms with Gasteiger partial charge in [-0.3, -0.25) is 0 Å². The molecule has 1 aromatic heterocycles. The predicted octanol–water partition coefficient (Wildman–Crippen LogP) is 2.91. The minimum Gasteiger partial charge on any atom is -0.303 e. The molecule has 2 aromatic rings. The normalized spacial score (nSPS) is 12.6. The van der Waals surface area contributed by atoms with Gasteiger partial charge in [0.15, 0.2) is 0 Å². The molecule has 2 rings (SSSR count). The lowest BCUT2D eigenvalue weighted by Crippen LogP contribution is -2.21. The van der Waals surface area contributed by atoms with Crippen LogP contribution in [-0.4, -0.2) is 14.8 Å². The molecule has 1 heterocycles. The first-order valence-corrected chi connectivity index (χ1v) is 6.86. The van der Waals surface area contributed by atoms with Crippen molar-refractivity contribution in [3.05, 3.63) is 46.5 Å². The van der Waals surface area contributed by atoms with Crippen LogP contribution in [0.25, 0.3) is 0 Å². The molecule has 1 N–H and O–H groups in total. The lowest BCUT2D eigenvalue weighted by Gasteiger charge is -2.15. The molecule has 1 aromatic carbocycles. The van der Waals surface area contributed by atoms with Gasteiger partial charge in [-0.2, -0.15) is 5.10 Å². The summed E-state index contributed by atoms with van der Waals surface area (Å²) in [7, 11) is 0. The van der Waals surface area contributed by atoms with E-state index < -0.39 is 0 Å². The van der Waals surface area contributed by atoms with Crippen LogP contribution in [0.3, 0.4) is 0 Å². The molecule has 1 atom stereocenters. The molecule has 0 amide bonds. The van der Waals surface area contributed by atoms with Crippen molar-refractivity contribution in [2.24, 2.45) is 0 Å². The summed E-state index contributed by atoms with van der Waals surface area (Å²) in [6, 6.07) is 8.51. The number of rotatable bonds is 5.